The summed E-state index contributed by atoms with van der Waals surface area (Å²) in [5.74, 6) is -0.0361. The summed E-state index contributed by atoms with van der Waals surface area (Å²) >= 11 is 0. The van der Waals surface area contributed by atoms with Crippen molar-refractivity contribution in [3.05, 3.63) is 65.5 Å². The molecule has 6 N–H and O–H groups in total. The summed E-state index contributed by atoms with van der Waals surface area (Å²) in [4.78, 5) is 44.0. The van der Waals surface area contributed by atoms with Gasteiger partial charge in [-0.05, 0) is 94.5 Å². The summed E-state index contributed by atoms with van der Waals surface area (Å²) in [6, 6.07) is 14.3. The third-order valence-corrected chi connectivity index (χ3v) is 9.79. The van der Waals surface area contributed by atoms with Crippen LogP contribution in [-0.4, -0.2) is 64.2 Å². The lowest BCUT2D eigenvalue weighted by Crippen LogP contribution is -2.55. The molecule has 3 atom stereocenters. The number of hydrogen-bond acceptors (Lipinski definition) is 6. The van der Waals surface area contributed by atoms with Gasteiger partial charge in [-0.1, -0.05) is 68.5 Å². The summed E-state index contributed by atoms with van der Waals surface area (Å²) in [5.41, 5.74) is 9.87. The molecule has 0 radical (unpaired) electrons. The zero-order valence-electron chi connectivity index (χ0n) is 28.9. The zero-order valence-corrected chi connectivity index (χ0v) is 28.9. The van der Waals surface area contributed by atoms with Gasteiger partial charge in [0.15, 0.2) is 0 Å². The molecule has 0 bridgehead atoms. The number of amides is 3. The van der Waals surface area contributed by atoms with Gasteiger partial charge in [0.1, 0.15) is 17.9 Å². The lowest BCUT2D eigenvalue weighted by Gasteiger charge is -2.24. The highest BCUT2D eigenvalue weighted by molar-refractivity contribution is 5.93. The number of nitrogens with one attached hydrogen (secondary N) is 3. The normalized spacial score (nSPS) is 15.5. The number of para-hydroxylation sites is 2. The molecule has 3 amide bonds. The maximum absolute atomic E-state index is 13.2. The summed E-state index contributed by atoms with van der Waals surface area (Å²) < 4.78 is 2.27. The Hall–Kier alpha value is -3.76. The van der Waals surface area contributed by atoms with Gasteiger partial charge in [0.25, 0.3) is 0 Å². The van der Waals surface area contributed by atoms with Crippen LogP contribution in [0.2, 0.25) is 0 Å². The van der Waals surface area contributed by atoms with Crippen LogP contribution in [0.25, 0.3) is 11.0 Å². The summed E-state index contributed by atoms with van der Waals surface area (Å²) in [5, 5.41) is 18.5. The second kappa shape index (κ2) is 19.3. The monoisotopic (exact) mass is 660 g/mol. The summed E-state index contributed by atoms with van der Waals surface area (Å²) in [6.45, 7) is 5.25. The number of fused-ring (bicyclic) bond motifs is 1. The second-order valence-corrected chi connectivity index (χ2v) is 13.4. The number of aromatic nitrogens is 2. The molecule has 1 saturated carbocycles. The van der Waals surface area contributed by atoms with Crippen molar-refractivity contribution in [2.75, 3.05) is 19.7 Å². The highest BCUT2D eigenvalue weighted by Gasteiger charge is 2.28. The molecule has 2 aromatic carbocycles. The minimum absolute atomic E-state index is 0.238. The maximum Gasteiger partial charge on any atom is 0.245 e. The lowest BCUT2D eigenvalue weighted by atomic mass is 9.87. The molecule has 262 valence electrons. The number of benzene rings is 2. The first-order chi connectivity index (χ1) is 23.3. The molecular weight excluding hydrogens is 604 g/mol. The molecule has 1 heterocycles. The largest absolute Gasteiger partial charge is 0.394 e. The number of imidazole rings is 1. The van der Waals surface area contributed by atoms with E-state index < -0.39 is 30.5 Å². The fourth-order valence-electron chi connectivity index (χ4n) is 6.72. The molecule has 3 unspecified atom stereocenters. The fourth-order valence-corrected chi connectivity index (χ4v) is 6.72. The van der Waals surface area contributed by atoms with E-state index in [1.165, 1.54) is 43.2 Å². The van der Waals surface area contributed by atoms with E-state index in [9.17, 15) is 19.5 Å². The van der Waals surface area contributed by atoms with Crippen molar-refractivity contribution in [3.8, 4) is 0 Å². The van der Waals surface area contributed by atoms with Crippen molar-refractivity contribution in [2.24, 2.45) is 11.7 Å². The highest BCUT2D eigenvalue weighted by atomic mass is 16.3. The average molecular weight is 661 g/mol. The van der Waals surface area contributed by atoms with E-state index in [1.54, 1.807) is 6.92 Å². The van der Waals surface area contributed by atoms with Crippen molar-refractivity contribution < 1.29 is 19.5 Å². The van der Waals surface area contributed by atoms with Gasteiger partial charge in [0.05, 0.1) is 23.6 Å². The SMILES string of the molecule is Cc1nc2ccccc2n1CCCCc1ccc(C(C)C(=O)NC(CO)C(=O)NC(CCCCN)C(=O)NCCC2CCCCC2)cc1. The van der Waals surface area contributed by atoms with Crippen LogP contribution in [0.15, 0.2) is 48.5 Å². The van der Waals surface area contributed by atoms with E-state index in [0.29, 0.717) is 31.8 Å². The number of aliphatic hydroxyl groups is 1. The highest BCUT2D eigenvalue weighted by Crippen LogP contribution is 2.26. The number of rotatable bonds is 19. The first kappa shape index (κ1) is 37.1. The van der Waals surface area contributed by atoms with E-state index in [1.807, 2.05) is 49.4 Å². The van der Waals surface area contributed by atoms with Gasteiger partial charge in [0.2, 0.25) is 17.7 Å². The molecular formula is C38H56N6O4. The van der Waals surface area contributed by atoms with Crippen molar-refractivity contribution in [3.63, 3.8) is 0 Å². The number of carbonyl (C=O) groups excluding carboxylic acids is 3. The van der Waals surface area contributed by atoms with Gasteiger partial charge >= 0.3 is 0 Å². The molecule has 48 heavy (non-hydrogen) atoms. The van der Waals surface area contributed by atoms with Gasteiger partial charge < -0.3 is 31.4 Å². The number of carbonyl (C=O) groups is 3. The molecule has 1 aliphatic rings. The molecule has 3 aromatic rings. The van der Waals surface area contributed by atoms with Crippen LogP contribution in [0.1, 0.15) is 100 Å². The molecule has 0 aliphatic heterocycles. The van der Waals surface area contributed by atoms with E-state index in [-0.39, 0.29) is 11.8 Å². The third kappa shape index (κ3) is 10.9. The Morgan fingerprint density at radius 1 is 0.917 bits per heavy atom. The van der Waals surface area contributed by atoms with E-state index in [4.69, 9.17) is 5.73 Å². The standard InChI is InChI=1S/C38H56N6O4/c1-27(31-20-18-30(19-21-31)14-9-11-25-44-28(2)41-32-15-6-7-17-35(32)44)36(46)43-34(26-45)38(48)42-33(16-8-10-23-39)37(47)40-24-22-29-12-4-3-5-13-29/h6-7,15,17-21,27,29,33-34,45H,3-5,8-14,16,22-26,39H2,1-2H3,(H,40,47)(H,42,48)(H,43,46). The molecule has 0 spiro atoms. The topological polar surface area (TPSA) is 151 Å². The Morgan fingerprint density at radius 3 is 2.38 bits per heavy atom. The van der Waals surface area contributed by atoms with E-state index >= 15 is 0 Å². The molecule has 1 aliphatic carbocycles. The number of hydrogen-bond donors (Lipinski definition) is 5. The Morgan fingerprint density at radius 2 is 1.65 bits per heavy atom. The van der Waals surface area contributed by atoms with Crippen molar-refractivity contribution in [2.45, 2.75) is 115 Å². The third-order valence-electron chi connectivity index (χ3n) is 9.79. The van der Waals surface area contributed by atoms with Gasteiger partial charge in [0, 0.05) is 13.1 Å². The quantitative estimate of drug-likeness (QED) is 0.118. The minimum atomic E-state index is -1.16. The first-order valence-electron chi connectivity index (χ1n) is 18.0. The van der Waals surface area contributed by atoms with Crippen LogP contribution in [0.4, 0.5) is 0 Å². The van der Waals surface area contributed by atoms with Crippen LogP contribution in [0, 0.1) is 12.8 Å². The maximum atomic E-state index is 13.2. The molecule has 1 aromatic heterocycles. The Labute approximate surface area is 285 Å². The number of nitrogens with zero attached hydrogens (tertiary/aromatic N) is 2. The molecule has 10 heteroatoms. The van der Waals surface area contributed by atoms with E-state index in [0.717, 1.165) is 55.6 Å². The van der Waals surface area contributed by atoms with E-state index in [2.05, 4.69) is 31.6 Å². The average Bonchev–Trinajstić information content (AvgIpc) is 3.43. The molecule has 1 fully saturated rings. The first-order valence-corrected chi connectivity index (χ1v) is 18.0. The van der Waals surface area contributed by atoms with Crippen LogP contribution in [0.5, 0.6) is 0 Å². The predicted octanol–water partition coefficient (Wildman–Crippen LogP) is 4.65. The summed E-state index contributed by atoms with van der Waals surface area (Å²) in [6.07, 6.45) is 12.0. The Kier molecular flexibility index (Phi) is 14.9. The van der Waals surface area contributed by atoms with Gasteiger partial charge in [-0.3, -0.25) is 14.4 Å². The molecule has 10 nitrogen and oxygen atoms in total. The Bertz CT molecular complexity index is 1450. The van der Waals surface area contributed by atoms with Crippen molar-refractivity contribution >= 4 is 28.8 Å². The van der Waals surface area contributed by atoms with Crippen molar-refractivity contribution in [1.29, 1.82) is 0 Å². The minimum Gasteiger partial charge on any atom is -0.394 e. The van der Waals surface area contributed by atoms with Gasteiger partial charge in [-0.15, -0.1) is 0 Å². The molecule has 4 rings (SSSR count). The summed E-state index contributed by atoms with van der Waals surface area (Å²) in [7, 11) is 0. The van der Waals surface area contributed by atoms with Gasteiger partial charge in [-0.25, -0.2) is 4.98 Å². The van der Waals surface area contributed by atoms with Gasteiger partial charge in [-0.2, -0.15) is 0 Å². The number of nitrogens with two attached hydrogens (primary N) is 1. The Balaban J connectivity index is 1.24. The van der Waals surface area contributed by atoms with Crippen LogP contribution in [-0.2, 0) is 27.3 Å². The van der Waals surface area contributed by atoms with Crippen molar-refractivity contribution in [1.82, 2.24) is 25.5 Å². The fraction of sp³-hybridized carbons (Fsp3) is 0.579. The number of aryl methyl sites for hydroxylation is 3. The molecule has 0 saturated heterocycles. The van der Waals surface area contributed by atoms with Crippen LogP contribution < -0.4 is 21.7 Å². The lowest BCUT2D eigenvalue weighted by molar-refractivity contribution is -0.133. The number of aliphatic hydroxyl groups excluding tert-OH is 1. The predicted molar refractivity (Wildman–Crippen MR) is 190 cm³/mol. The van der Waals surface area contributed by atoms with Crippen LogP contribution >= 0.6 is 0 Å². The number of unbranched alkanes of at least 4 members (excludes halogenated alkanes) is 2. The van der Waals surface area contributed by atoms with Crippen LogP contribution in [0.3, 0.4) is 0 Å². The second-order valence-electron chi connectivity index (χ2n) is 13.4. The zero-order chi connectivity index (χ0) is 34.3. The smallest absolute Gasteiger partial charge is 0.245 e.